The molecule has 21 heavy (non-hydrogen) atoms. The van der Waals surface area contributed by atoms with Gasteiger partial charge in [0.25, 0.3) is 0 Å². The lowest BCUT2D eigenvalue weighted by Crippen LogP contribution is -2.54. The quantitative estimate of drug-likeness (QED) is 0.604. The summed E-state index contributed by atoms with van der Waals surface area (Å²) in [7, 11) is 0. The molecule has 0 saturated heterocycles. The number of nitrogens with two attached hydrogens (primary N) is 1. The summed E-state index contributed by atoms with van der Waals surface area (Å²) in [4.78, 5) is 11.2. The Morgan fingerprint density at radius 3 is 2.48 bits per heavy atom. The van der Waals surface area contributed by atoms with E-state index < -0.39 is 17.6 Å². The molecule has 0 aliphatic heterocycles. The van der Waals surface area contributed by atoms with Crippen LogP contribution in [0.5, 0.6) is 0 Å². The van der Waals surface area contributed by atoms with E-state index in [1.807, 2.05) is 30.3 Å². The molecule has 0 aliphatic carbocycles. The summed E-state index contributed by atoms with van der Waals surface area (Å²) in [6.45, 7) is 4.33. The molecule has 2 atom stereocenters. The molecular formula is C16H25NO4. The molecule has 1 rings (SSSR count). The third-order valence-corrected chi connectivity index (χ3v) is 3.71. The monoisotopic (exact) mass is 295 g/mol. The van der Waals surface area contributed by atoms with E-state index in [1.165, 1.54) is 0 Å². The van der Waals surface area contributed by atoms with Crippen LogP contribution in [0.3, 0.4) is 0 Å². The first kappa shape index (κ1) is 17.6. The Morgan fingerprint density at radius 1 is 1.33 bits per heavy atom. The first-order chi connectivity index (χ1) is 9.86. The van der Waals surface area contributed by atoms with Gasteiger partial charge in [0.05, 0.1) is 12.7 Å². The topological polar surface area (TPSA) is 92.8 Å². The van der Waals surface area contributed by atoms with Crippen LogP contribution in [0.1, 0.15) is 32.3 Å². The number of ether oxygens (including phenoxy) is 1. The van der Waals surface area contributed by atoms with Crippen LogP contribution in [0.15, 0.2) is 30.3 Å². The van der Waals surface area contributed by atoms with E-state index in [-0.39, 0.29) is 12.3 Å². The molecule has 0 heterocycles. The minimum atomic E-state index is -1.40. The van der Waals surface area contributed by atoms with Gasteiger partial charge in [0, 0.05) is 13.0 Å². The van der Waals surface area contributed by atoms with Crippen molar-refractivity contribution in [2.75, 3.05) is 6.61 Å². The van der Waals surface area contributed by atoms with Crippen molar-refractivity contribution in [2.45, 2.75) is 44.9 Å². The molecule has 1 aromatic rings. The normalized spacial score (nSPS) is 15.7. The molecule has 0 aliphatic rings. The molecule has 0 amide bonds. The number of carbonyl (C=O) groups is 1. The van der Waals surface area contributed by atoms with Gasteiger partial charge >= 0.3 is 5.97 Å². The second-order valence-corrected chi connectivity index (χ2v) is 5.69. The predicted octanol–water partition coefficient (Wildman–Crippen LogP) is 1.78. The van der Waals surface area contributed by atoms with Crippen molar-refractivity contribution in [2.24, 2.45) is 11.7 Å². The molecule has 1 aromatic carbocycles. The van der Waals surface area contributed by atoms with E-state index in [1.54, 1.807) is 13.8 Å². The number of hydrogen-bond acceptors (Lipinski definition) is 4. The fraction of sp³-hybridized carbons (Fsp3) is 0.562. The third kappa shape index (κ3) is 5.46. The van der Waals surface area contributed by atoms with Crippen molar-refractivity contribution in [3.63, 3.8) is 0 Å². The van der Waals surface area contributed by atoms with Crippen molar-refractivity contribution in [1.82, 2.24) is 0 Å². The Bertz CT molecular complexity index is 435. The average molecular weight is 295 g/mol. The Kier molecular flexibility index (Phi) is 6.81. The minimum Gasteiger partial charge on any atom is -0.480 e. The van der Waals surface area contributed by atoms with E-state index in [2.05, 4.69) is 0 Å². The van der Waals surface area contributed by atoms with E-state index in [4.69, 9.17) is 10.5 Å². The Labute approximate surface area is 125 Å². The van der Waals surface area contributed by atoms with Crippen molar-refractivity contribution in [1.29, 1.82) is 0 Å². The van der Waals surface area contributed by atoms with Crippen LogP contribution >= 0.6 is 0 Å². The van der Waals surface area contributed by atoms with Crippen molar-refractivity contribution < 1.29 is 19.7 Å². The van der Waals surface area contributed by atoms with Gasteiger partial charge in [0.15, 0.2) is 0 Å². The molecule has 5 heteroatoms. The van der Waals surface area contributed by atoms with Crippen LogP contribution < -0.4 is 5.73 Å². The van der Waals surface area contributed by atoms with Crippen LogP contribution in [-0.4, -0.2) is 34.4 Å². The minimum absolute atomic E-state index is 0.0225. The van der Waals surface area contributed by atoms with Gasteiger partial charge in [-0.05, 0) is 17.9 Å². The highest BCUT2D eigenvalue weighted by Gasteiger charge is 2.39. The van der Waals surface area contributed by atoms with Gasteiger partial charge < -0.3 is 20.7 Å². The maximum absolute atomic E-state index is 11.2. The van der Waals surface area contributed by atoms with Crippen molar-refractivity contribution in [3.8, 4) is 0 Å². The maximum Gasteiger partial charge on any atom is 0.324 e. The third-order valence-electron chi connectivity index (χ3n) is 3.71. The molecule has 4 N–H and O–H groups in total. The molecule has 5 nitrogen and oxygen atoms in total. The summed E-state index contributed by atoms with van der Waals surface area (Å²) in [5, 5.41) is 19.2. The predicted molar refractivity (Wildman–Crippen MR) is 80.7 cm³/mol. The fourth-order valence-electron chi connectivity index (χ4n) is 2.05. The lowest BCUT2D eigenvalue weighted by molar-refractivity contribution is -0.146. The smallest absolute Gasteiger partial charge is 0.324 e. The average Bonchev–Trinajstić information content (AvgIpc) is 2.44. The molecular weight excluding hydrogens is 270 g/mol. The van der Waals surface area contributed by atoms with Gasteiger partial charge in [-0.2, -0.15) is 0 Å². The van der Waals surface area contributed by atoms with Gasteiger partial charge in [0.1, 0.15) is 5.54 Å². The summed E-state index contributed by atoms with van der Waals surface area (Å²) in [5.74, 6) is -1.34. The SMILES string of the molecule is CC(C)C(N)(CC(O)CCOCc1ccccc1)C(=O)O. The highest BCUT2D eigenvalue weighted by atomic mass is 16.5. The number of rotatable bonds is 9. The first-order valence-corrected chi connectivity index (χ1v) is 7.18. The molecule has 0 fully saturated rings. The summed E-state index contributed by atoms with van der Waals surface area (Å²) < 4.78 is 5.48. The number of carboxylic acid groups (broad SMARTS) is 1. The van der Waals surface area contributed by atoms with Crippen molar-refractivity contribution >= 4 is 5.97 Å². The lowest BCUT2D eigenvalue weighted by atomic mass is 9.82. The lowest BCUT2D eigenvalue weighted by Gasteiger charge is -2.30. The van der Waals surface area contributed by atoms with E-state index >= 15 is 0 Å². The van der Waals surface area contributed by atoms with E-state index in [0.29, 0.717) is 19.6 Å². The number of benzene rings is 1. The largest absolute Gasteiger partial charge is 0.480 e. The second-order valence-electron chi connectivity index (χ2n) is 5.69. The summed E-state index contributed by atoms with van der Waals surface area (Å²) in [5.41, 5.74) is 5.54. The van der Waals surface area contributed by atoms with Crippen molar-refractivity contribution in [3.05, 3.63) is 35.9 Å². The molecule has 118 valence electrons. The second kappa shape index (κ2) is 8.12. The van der Waals surface area contributed by atoms with Crippen LogP contribution in [0.4, 0.5) is 0 Å². The van der Waals surface area contributed by atoms with Crippen LogP contribution in [-0.2, 0) is 16.1 Å². The van der Waals surface area contributed by atoms with E-state index in [0.717, 1.165) is 5.56 Å². The Morgan fingerprint density at radius 2 is 1.95 bits per heavy atom. The first-order valence-electron chi connectivity index (χ1n) is 7.18. The summed E-state index contributed by atoms with van der Waals surface area (Å²) in [6.07, 6.45) is -0.398. The molecule has 0 bridgehead atoms. The maximum atomic E-state index is 11.2. The van der Waals surface area contributed by atoms with Gasteiger partial charge in [-0.25, -0.2) is 0 Å². The number of aliphatic hydroxyl groups excluding tert-OH is 1. The highest BCUT2D eigenvalue weighted by molar-refractivity contribution is 5.78. The molecule has 0 saturated carbocycles. The molecule has 0 aromatic heterocycles. The standard InChI is InChI=1S/C16H25NO4/c1-12(2)16(17,15(19)20)10-14(18)8-9-21-11-13-6-4-3-5-7-13/h3-7,12,14,18H,8-11,17H2,1-2H3,(H,19,20). The highest BCUT2D eigenvalue weighted by Crippen LogP contribution is 2.21. The van der Waals surface area contributed by atoms with Gasteiger partial charge in [-0.3, -0.25) is 4.79 Å². The summed E-state index contributed by atoms with van der Waals surface area (Å²) in [6, 6.07) is 9.73. The fourth-order valence-corrected chi connectivity index (χ4v) is 2.05. The number of aliphatic carboxylic acids is 1. The van der Waals surface area contributed by atoms with Gasteiger partial charge in [-0.15, -0.1) is 0 Å². The molecule has 0 spiro atoms. The Hall–Kier alpha value is -1.43. The zero-order chi connectivity index (χ0) is 15.9. The number of carboxylic acids is 1. The number of aliphatic hydroxyl groups is 1. The van der Waals surface area contributed by atoms with E-state index in [9.17, 15) is 15.0 Å². The number of hydrogen-bond donors (Lipinski definition) is 3. The van der Waals surface area contributed by atoms with Gasteiger partial charge in [-0.1, -0.05) is 44.2 Å². The van der Waals surface area contributed by atoms with Crippen LogP contribution in [0.25, 0.3) is 0 Å². The zero-order valence-corrected chi connectivity index (χ0v) is 12.7. The zero-order valence-electron chi connectivity index (χ0n) is 12.7. The van der Waals surface area contributed by atoms with Crippen LogP contribution in [0.2, 0.25) is 0 Å². The molecule has 0 radical (unpaired) electrons. The Balaban J connectivity index is 2.33. The molecule has 2 unspecified atom stereocenters. The summed E-state index contributed by atoms with van der Waals surface area (Å²) >= 11 is 0. The van der Waals surface area contributed by atoms with Crippen LogP contribution in [0, 0.1) is 5.92 Å². The van der Waals surface area contributed by atoms with Gasteiger partial charge in [0.2, 0.25) is 0 Å².